The summed E-state index contributed by atoms with van der Waals surface area (Å²) in [5.41, 5.74) is 3.56. The van der Waals surface area contributed by atoms with E-state index in [2.05, 4.69) is 38.1 Å². The van der Waals surface area contributed by atoms with Gasteiger partial charge in [-0.2, -0.15) is 0 Å². The Morgan fingerprint density at radius 2 is 1.56 bits per heavy atom. The smallest absolute Gasteiger partial charge is 0.337 e. The van der Waals surface area contributed by atoms with Crippen molar-refractivity contribution >= 4 is 46.5 Å². The Hall–Kier alpha value is -2.42. The topological polar surface area (TPSA) is 80.9 Å². The average Bonchev–Trinajstić information content (AvgIpc) is 3.11. The van der Waals surface area contributed by atoms with Gasteiger partial charge >= 0.3 is 5.97 Å². The molecule has 2 saturated heterocycles. The Balaban J connectivity index is 1.44. The second-order valence-corrected chi connectivity index (χ2v) is 9.76. The molecular formula is C24H31Cl2N5O3. The first-order valence-corrected chi connectivity index (χ1v) is 12.3. The van der Waals surface area contributed by atoms with Crippen LogP contribution in [0.4, 0.5) is 11.4 Å². The summed E-state index contributed by atoms with van der Waals surface area (Å²) in [5, 5.41) is 3.70. The Morgan fingerprint density at radius 3 is 2.09 bits per heavy atom. The van der Waals surface area contributed by atoms with Crippen LogP contribution in [0, 0.1) is 6.92 Å². The third kappa shape index (κ3) is 5.29. The first-order chi connectivity index (χ1) is 16.3. The molecule has 4 rings (SSSR count). The Kier molecular flexibility index (Phi) is 7.60. The summed E-state index contributed by atoms with van der Waals surface area (Å²) >= 11 is 12.3. The van der Waals surface area contributed by atoms with Crippen LogP contribution in [0.15, 0.2) is 18.2 Å². The largest absolute Gasteiger partial charge is 0.465 e. The number of esters is 1. The molecule has 1 aromatic carbocycles. The van der Waals surface area contributed by atoms with Crippen molar-refractivity contribution in [2.24, 2.45) is 0 Å². The maximum absolute atomic E-state index is 12.7. The van der Waals surface area contributed by atoms with Crippen molar-refractivity contribution in [2.45, 2.75) is 25.8 Å². The number of methoxy groups -OCH3 is 1. The number of piperidine rings is 1. The first-order valence-electron chi connectivity index (χ1n) is 11.5. The normalized spacial score (nSPS) is 17.7. The molecule has 2 fully saturated rings. The molecule has 34 heavy (non-hydrogen) atoms. The number of H-pyrrole nitrogens is 1. The third-order valence-electron chi connectivity index (χ3n) is 6.67. The van der Waals surface area contributed by atoms with E-state index < -0.39 is 0 Å². The van der Waals surface area contributed by atoms with Crippen molar-refractivity contribution in [3.05, 3.63) is 45.2 Å². The number of likely N-dealkylation sites (N-methyl/N-ethyl adjacent to an activating group) is 1. The van der Waals surface area contributed by atoms with Crippen LogP contribution < -0.4 is 15.1 Å². The van der Waals surface area contributed by atoms with Crippen LogP contribution in [-0.2, 0) is 4.74 Å². The molecule has 2 aliphatic heterocycles. The van der Waals surface area contributed by atoms with E-state index in [1.165, 1.54) is 7.11 Å². The van der Waals surface area contributed by atoms with E-state index >= 15 is 0 Å². The van der Waals surface area contributed by atoms with Gasteiger partial charge in [0.2, 0.25) is 0 Å². The van der Waals surface area contributed by atoms with Crippen LogP contribution in [-0.4, -0.2) is 81.2 Å². The highest BCUT2D eigenvalue weighted by Gasteiger charge is 2.26. The molecule has 1 aromatic heterocycles. The van der Waals surface area contributed by atoms with E-state index in [1.807, 2.05) is 12.1 Å². The number of aromatic nitrogens is 1. The fraction of sp³-hybridized carbons (Fsp3) is 0.500. The lowest BCUT2D eigenvalue weighted by molar-refractivity contribution is 0.0600. The van der Waals surface area contributed by atoms with Crippen molar-refractivity contribution in [3.63, 3.8) is 0 Å². The summed E-state index contributed by atoms with van der Waals surface area (Å²) in [4.78, 5) is 34.9. The summed E-state index contributed by atoms with van der Waals surface area (Å²) < 4.78 is 5.01. The van der Waals surface area contributed by atoms with E-state index in [9.17, 15) is 9.59 Å². The molecule has 0 saturated carbocycles. The maximum atomic E-state index is 12.7. The third-order valence-corrected chi connectivity index (χ3v) is 7.62. The molecule has 0 atom stereocenters. The molecule has 2 N–H and O–H groups in total. The molecule has 2 aliphatic rings. The maximum Gasteiger partial charge on any atom is 0.337 e. The molecule has 184 valence electrons. The van der Waals surface area contributed by atoms with Crippen LogP contribution in [0.5, 0.6) is 0 Å². The number of hydrogen-bond acceptors (Lipinski definition) is 6. The number of aryl methyl sites for hydroxylation is 1. The fourth-order valence-electron chi connectivity index (χ4n) is 4.53. The number of nitrogens with one attached hydrogen (secondary N) is 2. The number of carbonyl (C=O) groups is 2. The Labute approximate surface area is 210 Å². The summed E-state index contributed by atoms with van der Waals surface area (Å²) in [6.45, 7) is 7.10. The van der Waals surface area contributed by atoms with Gasteiger partial charge in [0.1, 0.15) is 5.69 Å². The number of piperazine rings is 1. The predicted molar refractivity (Wildman–Crippen MR) is 136 cm³/mol. The lowest BCUT2D eigenvalue weighted by Crippen LogP contribution is -2.45. The molecule has 0 spiro atoms. The zero-order valence-corrected chi connectivity index (χ0v) is 21.3. The van der Waals surface area contributed by atoms with Gasteiger partial charge in [0.05, 0.1) is 22.7 Å². The van der Waals surface area contributed by atoms with E-state index in [4.69, 9.17) is 27.9 Å². The standard InChI is InChI=1S/C24H31Cl2N5O3/c1-15-20(25)21(26)22(27-15)23(32)28-17-4-6-30(7-5-17)18-12-16(24(33)34-3)13-19(14-18)31-10-8-29(2)9-11-31/h12-14,17,27H,4-11H2,1-3H3,(H,28,32). The summed E-state index contributed by atoms with van der Waals surface area (Å²) in [7, 11) is 3.53. The van der Waals surface area contributed by atoms with E-state index in [1.54, 1.807) is 6.92 Å². The minimum atomic E-state index is -0.337. The molecule has 0 radical (unpaired) electrons. The number of ether oxygens (including phenoxy) is 1. The Bertz CT molecular complexity index is 1060. The van der Waals surface area contributed by atoms with Crippen molar-refractivity contribution in [3.8, 4) is 0 Å². The molecular weight excluding hydrogens is 477 g/mol. The van der Waals surface area contributed by atoms with Crippen LogP contribution in [0.25, 0.3) is 0 Å². The summed E-state index contributed by atoms with van der Waals surface area (Å²) in [5.74, 6) is -0.584. The van der Waals surface area contributed by atoms with E-state index in [-0.39, 0.29) is 22.9 Å². The van der Waals surface area contributed by atoms with Crippen LogP contribution >= 0.6 is 23.2 Å². The van der Waals surface area contributed by atoms with Crippen molar-refractivity contribution < 1.29 is 14.3 Å². The number of halogens is 2. The second kappa shape index (κ2) is 10.5. The van der Waals surface area contributed by atoms with Crippen molar-refractivity contribution in [2.75, 3.05) is 63.2 Å². The average molecular weight is 508 g/mol. The number of benzene rings is 1. The second-order valence-electron chi connectivity index (χ2n) is 9.01. The van der Waals surface area contributed by atoms with E-state index in [0.717, 1.165) is 63.5 Å². The SMILES string of the molecule is COC(=O)c1cc(N2CCC(NC(=O)c3[nH]c(C)c(Cl)c3Cl)CC2)cc(N2CCN(C)CC2)c1. The lowest BCUT2D eigenvalue weighted by Gasteiger charge is -2.37. The van der Waals surface area contributed by atoms with Crippen LogP contribution in [0.2, 0.25) is 10.0 Å². The minimum absolute atomic E-state index is 0.0306. The molecule has 3 heterocycles. The lowest BCUT2D eigenvalue weighted by atomic mass is 10.0. The number of aromatic amines is 1. The van der Waals surface area contributed by atoms with Crippen LogP contribution in [0.3, 0.4) is 0 Å². The predicted octanol–water partition coefficient (Wildman–Crippen LogP) is 3.57. The molecule has 0 bridgehead atoms. The zero-order chi connectivity index (χ0) is 24.4. The fourth-order valence-corrected chi connectivity index (χ4v) is 4.94. The number of anilines is 2. The van der Waals surface area contributed by atoms with Gasteiger partial charge < -0.3 is 29.7 Å². The van der Waals surface area contributed by atoms with Gasteiger partial charge in [-0.25, -0.2) is 4.79 Å². The summed E-state index contributed by atoms with van der Waals surface area (Å²) in [6.07, 6.45) is 1.56. The molecule has 2 aromatic rings. The highest BCUT2D eigenvalue weighted by atomic mass is 35.5. The van der Waals surface area contributed by atoms with E-state index in [0.29, 0.717) is 22.0 Å². The highest BCUT2D eigenvalue weighted by molar-refractivity contribution is 6.44. The minimum Gasteiger partial charge on any atom is -0.465 e. The molecule has 8 nitrogen and oxygen atoms in total. The monoisotopic (exact) mass is 507 g/mol. The quantitative estimate of drug-likeness (QED) is 0.602. The van der Waals surface area contributed by atoms with Gasteiger partial charge in [0, 0.05) is 62.4 Å². The highest BCUT2D eigenvalue weighted by Crippen LogP contribution is 2.31. The van der Waals surface area contributed by atoms with Gasteiger partial charge in [-0.3, -0.25) is 4.79 Å². The van der Waals surface area contributed by atoms with Gasteiger partial charge in [-0.15, -0.1) is 0 Å². The molecule has 10 heteroatoms. The number of hydrogen-bond donors (Lipinski definition) is 2. The van der Waals surface area contributed by atoms with Gasteiger partial charge in [0.25, 0.3) is 5.91 Å². The van der Waals surface area contributed by atoms with Gasteiger partial charge in [0.15, 0.2) is 0 Å². The zero-order valence-electron chi connectivity index (χ0n) is 19.8. The molecule has 0 unspecified atom stereocenters. The molecule has 1 amide bonds. The number of carbonyl (C=O) groups excluding carboxylic acids is 2. The molecule has 0 aliphatic carbocycles. The Morgan fingerprint density at radius 1 is 0.971 bits per heavy atom. The number of rotatable bonds is 5. The van der Waals surface area contributed by atoms with Gasteiger partial charge in [-0.1, -0.05) is 23.2 Å². The first kappa shape index (κ1) is 24.7. The number of nitrogens with zero attached hydrogens (tertiary/aromatic N) is 3. The number of amides is 1. The van der Waals surface area contributed by atoms with Gasteiger partial charge in [-0.05, 0) is 45.0 Å². The van der Waals surface area contributed by atoms with Crippen molar-refractivity contribution in [1.29, 1.82) is 0 Å². The summed E-state index contributed by atoms with van der Waals surface area (Å²) in [6, 6.07) is 6.00. The van der Waals surface area contributed by atoms with Crippen molar-refractivity contribution in [1.82, 2.24) is 15.2 Å². The van der Waals surface area contributed by atoms with Crippen LogP contribution in [0.1, 0.15) is 39.4 Å².